The summed E-state index contributed by atoms with van der Waals surface area (Å²) in [5.41, 5.74) is 0. The van der Waals surface area contributed by atoms with Crippen molar-refractivity contribution in [3.05, 3.63) is 12.2 Å². The quantitative estimate of drug-likeness (QED) is 0.842. The Hall–Kier alpha value is -1.92. The van der Waals surface area contributed by atoms with Crippen LogP contribution in [-0.2, 0) is 16.0 Å². The van der Waals surface area contributed by atoms with Crippen molar-refractivity contribution in [2.45, 2.75) is 45.7 Å². The molecule has 7 nitrogen and oxygen atoms in total. The number of rotatable bonds is 5. The summed E-state index contributed by atoms with van der Waals surface area (Å²) in [6.07, 6.45) is 2.62. The van der Waals surface area contributed by atoms with Crippen LogP contribution < -0.4 is 5.32 Å². The van der Waals surface area contributed by atoms with Crippen molar-refractivity contribution in [2.24, 2.45) is 5.92 Å². The van der Waals surface area contributed by atoms with Gasteiger partial charge in [-0.2, -0.15) is 4.98 Å². The molecule has 110 valence electrons. The van der Waals surface area contributed by atoms with Gasteiger partial charge in [0.25, 0.3) is 0 Å². The van der Waals surface area contributed by atoms with Crippen LogP contribution in [0.4, 0.5) is 0 Å². The number of nitrogens with zero attached hydrogens (tertiary/aromatic N) is 3. The van der Waals surface area contributed by atoms with Crippen molar-refractivity contribution >= 4 is 11.8 Å². The summed E-state index contributed by atoms with van der Waals surface area (Å²) in [5.74, 6) is 0.437. The van der Waals surface area contributed by atoms with Crippen LogP contribution in [0.15, 0.2) is 10.9 Å². The summed E-state index contributed by atoms with van der Waals surface area (Å²) in [6.45, 7) is 6.11. The van der Waals surface area contributed by atoms with Crippen LogP contribution in [-0.4, -0.2) is 45.5 Å². The van der Waals surface area contributed by atoms with Gasteiger partial charge in [0, 0.05) is 13.0 Å². The molecule has 0 saturated carbocycles. The maximum absolute atomic E-state index is 12.5. The van der Waals surface area contributed by atoms with E-state index in [-0.39, 0.29) is 17.7 Å². The SMILES string of the molecule is CCC(C)C1NC(=O)C(C)N(CCc2ncno2)C1=O. The predicted octanol–water partition coefficient (Wildman–Crippen LogP) is 0.374. The standard InChI is InChI=1S/C13H20N4O3/c1-4-8(2)11-13(19)17(9(3)12(18)16-11)6-5-10-14-7-15-20-10/h7-9,11H,4-6H2,1-3H3,(H,16,18). The van der Waals surface area contributed by atoms with Crippen molar-refractivity contribution in [3.63, 3.8) is 0 Å². The van der Waals surface area contributed by atoms with E-state index >= 15 is 0 Å². The Labute approximate surface area is 117 Å². The minimum absolute atomic E-state index is 0.0361. The maximum atomic E-state index is 12.5. The number of aromatic nitrogens is 2. The topological polar surface area (TPSA) is 88.3 Å². The second-order valence-electron chi connectivity index (χ2n) is 5.16. The Kier molecular flexibility index (Phi) is 4.36. The zero-order valence-electron chi connectivity index (χ0n) is 12.0. The third kappa shape index (κ3) is 2.81. The van der Waals surface area contributed by atoms with E-state index in [1.807, 2.05) is 13.8 Å². The Morgan fingerprint density at radius 1 is 1.50 bits per heavy atom. The third-order valence-electron chi connectivity index (χ3n) is 3.88. The fourth-order valence-electron chi connectivity index (χ4n) is 2.29. The Morgan fingerprint density at radius 2 is 2.25 bits per heavy atom. The molecule has 2 rings (SSSR count). The fraction of sp³-hybridized carbons (Fsp3) is 0.692. The minimum atomic E-state index is -0.467. The molecule has 3 unspecified atom stereocenters. The number of nitrogens with one attached hydrogen (secondary N) is 1. The van der Waals surface area contributed by atoms with Gasteiger partial charge in [0.1, 0.15) is 12.1 Å². The first-order valence-corrected chi connectivity index (χ1v) is 6.91. The summed E-state index contributed by atoms with van der Waals surface area (Å²) >= 11 is 0. The van der Waals surface area contributed by atoms with Crippen LogP contribution in [0.1, 0.15) is 33.1 Å². The molecule has 1 aliphatic heterocycles. The third-order valence-corrected chi connectivity index (χ3v) is 3.88. The molecular formula is C13H20N4O3. The zero-order valence-corrected chi connectivity index (χ0v) is 12.0. The normalized spacial score (nSPS) is 24.6. The lowest BCUT2D eigenvalue weighted by Crippen LogP contribution is -2.64. The molecule has 7 heteroatoms. The van der Waals surface area contributed by atoms with Crippen LogP contribution in [0.5, 0.6) is 0 Å². The molecule has 1 saturated heterocycles. The van der Waals surface area contributed by atoms with E-state index in [0.717, 1.165) is 6.42 Å². The molecule has 0 spiro atoms. The molecule has 1 aromatic heterocycles. The van der Waals surface area contributed by atoms with Gasteiger partial charge in [-0.1, -0.05) is 25.4 Å². The second kappa shape index (κ2) is 6.02. The van der Waals surface area contributed by atoms with Crippen LogP contribution in [0.2, 0.25) is 0 Å². The Balaban J connectivity index is 2.07. The molecule has 20 heavy (non-hydrogen) atoms. The van der Waals surface area contributed by atoms with Crippen molar-refractivity contribution in [2.75, 3.05) is 6.54 Å². The van der Waals surface area contributed by atoms with Gasteiger partial charge in [-0.15, -0.1) is 0 Å². The Bertz CT molecular complexity index is 474. The van der Waals surface area contributed by atoms with E-state index < -0.39 is 12.1 Å². The number of hydrogen-bond acceptors (Lipinski definition) is 5. The second-order valence-corrected chi connectivity index (χ2v) is 5.16. The molecule has 0 aliphatic carbocycles. The van der Waals surface area contributed by atoms with Gasteiger partial charge in [-0.25, -0.2) is 0 Å². The molecule has 0 bridgehead atoms. The fourth-order valence-corrected chi connectivity index (χ4v) is 2.29. The molecule has 1 N–H and O–H groups in total. The van der Waals surface area contributed by atoms with E-state index in [1.54, 1.807) is 11.8 Å². The number of piperazine rings is 1. The van der Waals surface area contributed by atoms with Gasteiger partial charge in [-0.05, 0) is 12.8 Å². The average molecular weight is 280 g/mol. The lowest BCUT2D eigenvalue weighted by molar-refractivity contribution is -0.150. The van der Waals surface area contributed by atoms with E-state index in [9.17, 15) is 9.59 Å². The summed E-state index contributed by atoms with van der Waals surface area (Å²) in [6, 6.07) is -0.905. The average Bonchev–Trinajstić information content (AvgIpc) is 2.95. The van der Waals surface area contributed by atoms with Crippen LogP contribution in [0, 0.1) is 5.92 Å². The maximum Gasteiger partial charge on any atom is 0.246 e. The first-order valence-electron chi connectivity index (χ1n) is 6.91. The zero-order chi connectivity index (χ0) is 14.7. The van der Waals surface area contributed by atoms with E-state index in [0.29, 0.717) is 18.9 Å². The number of amides is 2. The number of hydrogen-bond donors (Lipinski definition) is 1. The first-order chi connectivity index (χ1) is 9.54. The highest BCUT2D eigenvalue weighted by molar-refractivity contribution is 5.96. The summed E-state index contributed by atoms with van der Waals surface area (Å²) in [7, 11) is 0. The van der Waals surface area contributed by atoms with Gasteiger partial charge in [0.2, 0.25) is 17.7 Å². The van der Waals surface area contributed by atoms with Gasteiger partial charge < -0.3 is 14.7 Å². The van der Waals surface area contributed by atoms with Crippen molar-refractivity contribution in [1.82, 2.24) is 20.4 Å². The van der Waals surface area contributed by atoms with Crippen molar-refractivity contribution in [1.29, 1.82) is 0 Å². The van der Waals surface area contributed by atoms with Crippen molar-refractivity contribution < 1.29 is 14.1 Å². The molecule has 3 atom stereocenters. The number of carbonyl (C=O) groups is 2. The van der Waals surface area contributed by atoms with E-state index in [1.165, 1.54) is 6.33 Å². The summed E-state index contributed by atoms with van der Waals surface area (Å²) < 4.78 is 4.92. The van der Waals surface area contributed by atoms with Crippen LogP contribution in [0.3, 0.4) is 0 Å². The predicted molar refractivity (Wildman–Crippen MR) is 70.6 cm³/mol. The molecule has 1 aromatic rings. The van der Waals surface area contributed by atoms with Gasteiger partial charge in [0.05, 0.1) is 0 Å². The largest absolute Gasteiger partial charge is 0.342 e. The van der Waals surface area contributed by atoms with Gasteiger partial charge in [-0.3, -0.25) is 9.59 Å². The van der Waals surface area contributed by atoms with Crippen LogP contribution in [0.25, 0.3) is 0 Å². The molecule has 1 fully saturated rings. The summed E-state index contributed by atoms with van der Waals surface area (Å²) in [5, 5.41) is 6.33. The highest BCUT2D eigenvalue weighted by Gasteiger charge is 2.39. The lowest BCUT2D eigenvalue weighted by Gasteiger charge is -2.39. The van der Waals surface area contributed by atoms with Crippen molar-refractivity contribution in [3.8, 4) is 0 Å². The lowest BCUT2D eigenvalue weighted by atomic mass is 9.94. The smallest absolute Gasteiger partial charge is 0.246 e. The molecule has 2 heterocycles. The highest BCUT2D eigenvalue weighted by Crippen LogP contribution is 2.18. The molecule has 1 aliphatic rings. The van der Waals surface area contributed by atoms with Gasteiger partial charge in [0.15, 0.2) is 6.33 Å². The van der Waals surface area contributed by atoms with E-state index in [4.69, 9.17) is 4.52 Å². The monoisotopic (exact) mass is 280 g/mol. The van der Waals surface area contributed by atoms with Gasteiger partial charge >= 0.3 is 0 Å². The van der Waals surface area contributed by atoms with Crippen LogP contribution >= 0.6 is 0 Å². The van der Waals surface area contributed by atoms with E-state index in [2.05, 4.69) is 15.5 Å². The number of carbonyl (C=O) groups excluding carboxylic acids is 2. The Morgan fingerprint density at radius 3 is 2.85 bits per heavy atom. The highest BCUT2D eigenvalue weighted by atomic mass is 16.5. The minimum Gasteiger partial charge on any atom is -0.342 e. The molecule has 0 radical (unpaired) electrons. The molecule has 2 amide bonds. The molecular weight excluding hydrogens is 260 g/mol. The molecule has 0 aromatic carbocycles. The first kappa shape index (κ1) is 14.5. The summed E-state index contributed by atoms with van der Waals surface area (Å²) in [4.78, 5) is 30.0.